The molecule has 3 aromatic rings. The lowest BCUT2D eigenvalue weighted by molar-refractivity contribution is 0.354. The first-order valence-electron chi connectivity index (χ1n) is 7.04. The third-order valence-electron chi connectivity index (χ3n) is 3.62. The van der Waals surface area contributed by atoms with Crippen molar-refractivity contribution in [2.24, 2.45) is 0 Å². The summed E-state index contributed by atoms with van der Waals surface area (Å²) < 4.78 is 13.7. The van der Waals surface area contributed by atoms with Gasteiger partial charge in [0.1, 0.15) is 6.04 Å². The highest BCUT2D eigenvalue weighted by Crippen LogP contribution is 2.29. The van der Waals surface area contributed by atoms with Crippen LogP contribution in [0.25, 0.3) is 5.69 Å². The number of ether oxygens (including phenoxy) is 2. The maximum atomic E-state index is 12.2. The Morgan fingerprint density at radius 2 is 2.00 bits per heavy atom. The van der Waals surface area contributed by atoms with E-state index in [0.717, 1.165) is 0 Å². The number of aromatic nitrogens is 5. The van der Waals surface area contributed by atoms with Crippen LogP contribution in [0.3, 0.4) is 0 Å². The Labute approximate surface area is 132 Å². The third-order valence-corrected chi connectivity index (χ3v) is 3.62. The van der Waals surface area contributed by atoms with Crippen LogP contribution in [0.4, 0.5) is 0 Å². The number of nitrogens with zero attached hydrogens (tertiary/aromatic N) is 4. The van der Waals surface area contributed by atoms with Crippen molar-refractivity contribution in [1.82, 2.24) is 24.5 Å². The lowest BCUT2D eigenvalue weighted by Crippen LogP contribution is -2.20. The van der Waals surface area contributed by atoms with Gasteiger partial charge in [0, 0.05) is 18.5 Å². The van der Waals surface area contributed by atoms with Crippen molar-refractivity contribution in [1.29, 1.82) is 0 Å². The number of hydrogen-bond acceptors (Lipinski definition) is 5. The Bertz CT molecular complexity index is 850. The van der Waals surface area contributed by atoms with Crippen molar-refractivity contribution in [3.05, 3.63) is 53.0 Å². The largest absolute Gasteiger partial charge is 0.493 e. The molecule has 120 valence electrons. The van der Waals surface area contributed by atoms with E-state index in [4.69, 9.17) is 9.47 Å². The van der Waals surface area contributed by atoms with E-state index in [1.807, 2.05) is 19.2 Å². The number of nitrogens with one attached hydrogen (secondary N) is 1. The normalized spacial score (nSPS) is 12.1. The fourth-order valence-corrected chi connectivity index (χ4v) is 2.43. The zero-order chi connectivity index (χ0) is 16.4. The van der Waals surface area contributed by atoms with E-state index in [1.54, 1.807) is 43.3 Å². The molecule has 1 atom stereocenters. The molecule has 0 aliphatic rings. The second-order valence-corrected chi connectivity index (χ2v) is 4.92. The minimum atomic E-state index is -0.328. The van der Waals surface area contributed by atoms with Gasteiger partial charge in [-0.1, -0.05) is 0 Å². The lowest BCUT2D eigenvalue weighted by atomic mass is 10.2. The monoisotopic (exact) mass is 315 g/mol. The van der Waals surface area contributed by atoms with Crippen LogP contribution in [0.2, 0.25) is 0 Å². The van der Waals surface area contributed by atoms with E-state index in [9.17, 15) is 4.79 Å². The molecule has 3 rings (SSSR count). The number of H-pyrrole nitrogens is 1. The third kappa shape index (κ3) is 2.59. The second-order valence-electron chi connectivity index (χ2n) is 4.92. The molecule has 1 aromatic carbocycles. The molecule has 0 amide bonds. The molecule has 0 unspecified atom stereocenters. The number of hydrogen-bond donors (Lipinski definition) is 1. The standard InChI is InChI=1S/C15H17N5O3/c1-10(19-8-4-7-16-19)14-17-18-15(21)20(14)11-5-6-12(22-2)13(9-11)23-3/h4-10H,1-3H3,(H,18,21)/t10-/m1/s1. The van der Waals surface area contributed by atoms with E-state index in [2.05, 4.69) is 15.3 Å². The summed E-state index contributed by atoms with van der Waals surface area (Å²) in [4.78, 5) is 12.2. The fraction of sp³-hybridized carbons (Fsp3) is 0.267. The lowest BCUT2D eigenvalue weighted by Gasteiger charge is -2.14. The van der Waals surface area contributed by atoms with Gasteiger partial charge in [-0.25, -0.2) is 14.5 Å². The van der Waals surface area contributed by atoms with E-state index in [1.165, 1.54) is 4.57 Å². The first-order chi connectivity index (χ1) is 11.2. The molecule has 0 fully saturated rings. The van der Waals surface area contributed by atoms with E-state index in [-0.39, 0.29) is 11.7 Å². The quantitative estimate of drug-likeness (QED) is 0.768. The van der Waals surface area contributed by atoms with Gasteiger partial charge < -0.3 is 9.47 Å². The first kappa shape index (κ1) is 14.9. The van der Waals surface area contributed by atoms with Crippen LogP contribution in [0.15, 0.2) is 41.5 Å². The van der Waals surface area contributed by atoms with Crippen LogP contribution in [-0.2, 0) is 0 Å². The van der Waals surface area contributed by atoms with E-state index < -0.39 is 0 Å². The summed E-state index contributed by atoms with van der Waals surface area (Å²) in [6, 6.07) is 6.86. The molecule has 8 nitrogen and oxygen atoms in total. The molecule has 0 radical (unpaired) electrons. The minimum absolute atomic E-state index is 0.211. The average molecular weight is 315 g/mol. The summed E-state index contributed by atoms with van der Waals surface area (Å²) in [6.07, 6.45) is 3.50. The summed E-state index contributed by atoms with van der Waals surface area (Å²) in [7, 11) is 3.11. The van der Waals surface area contributed by atoms with Gasteiger partial charge in [-0.3, -0.25) is 4.68 Å². The van der Waals surface area contributed by atoms with Crippen LogP contribution >= 0.6 is 0 Å². The number of benzene rings is 1. The van der Waals surface area contributed by atoms with Gasteiger partial charge >= 0.3 is 5.69 Å². The van der Waals surface area contributed by atoms with Gasteiger partial charge in [-0.15, -0.1) is 0 Å². The maximum absolute atomic E-state index is 12.2. The van der Waals surface area contributed by atoms with Crippen molar-refractivity contribution in [3.63, 3.8) is 0 Å². The molecule has 2 aromatic heterocycles. The maximum Gasteiger partial charge on any atom is 0.348 e. The Morgan fingerprint density at radius 1 is 1.22 bits per heavy atom. The molecular weight excluding hydrogens is 298 g/mol. The van der Waals surface area contributed by atoms with Crippen molar-refractivity contribution >= 4 is 0 Å². The second kappa shape index (κ2) is 5.99. The number of methoxy groups -OCH3 is 2. The van der Waals surface area contributed by atoms with Gasteiger partial charge in [0.05, 0.1) is 19.9 Å². The summed E-state index contributed by atoms with van der Waals surface area (Å²) >= 11 is 0. The molecule has 0 aliphatic carbocycles. The zero-order valence-electron chi connectivity index (χ0n) is 13.1. The van der Waals surface area contributed by atoms with Crippen molar-refractivity contribution in [2.45, 2.75) is 13.0 Å². The van der Waals surface area contributed by atoms with Crippen LogP contribution in [0, 0.1) is 0 Å². The molecule has 23 heavy (non-hydrogen) atoms. The van der Waals surface area contributed by atoms with Crippen molar-refractivity contribution < 1.29 is 9.47 Å². The average Bonchev–Trinajstić information content (AvgIpc) is 3.23. The molecule has 0 aliphatic heterocycles. The van der Waals surface area contributed by atoms with E-state index in [0.29, 0.717) is 23.0 Å². The highest BCUT2D eigenvalue weighted by Gasteiger charge is 2.19. The Balaban J connectivity index is 2.10. The van der Waals surface area contributed by atoms with Gasteiger partial charge in [-0.2, -0.15) is 10.2 Å². The minimum Gasteiger partial charge on any atom is -0.493 e. The van der Waals surface area contributed by atoms with Gasteiger partial charge in [-0.05, 0) is 25.1 Å². The van der Waals surface area contributed by atoms with Gasteiger partial charge in [0.25, 0.3) is 0 Å². The molecule has 0 bridgehead atoms. The Kier molecular flexibility index (Phi) is 3.88. The van der Waals surface area contributed by atoms with E-state index >= 15 is 0 Å². The predicted octanol–water partition coefficient (Wildman–Crippen LogP) is 1.38. The van der Waals surface area contributed by atoms with Crippen molar-refractivity contribution in [3.8, 4) is 17.2 Å². The molecule has 0 saturated carbocycles. The number of rotatable bonds is 5. The SMILES string of the molecule is COc1ccc(-n2c([C@@H](C)n3cccn3)n[nH]c2=O)cc1OC. The molecule has 0 spiro atoms. The molecule has 1 N–H and O–H groups in total. The summed E-state index contributed by atoms with van der Waals surface area (Å²) in [5.41, 5.74) is 0.307. The van der Waals surface area contributed by atoms with Crippen LogP contribution < -0.4 is 15.2 Å². The Hall–Kier alpha value is -3.03. The predicted molar refractivity (Wildman–Crippen MR) is 83.3 cm³/mol. The van der Waals surface area contributed by atoms with Crippen LogP contribution in [0.5, 0.6) is 11.5 Å². The first-order valence-corrected chi connectivity index (χ1v) is 7.04. The highest BCUT2D eigenvalue weighted by atomic mass is 16.5. The summed E-state index contributed by atoms with van der Waals surface area (Å²) in [6.45, 7) is 1.92. The molecular formula is C15H17N5O3. The van der Waals surface area contributed by atoms with Crippen LogP contribution in [0.1, 0.15) is 18.8 Å². The number of aromatic amines is 1. The summed E-state index contributed by atoms with van der Waals surface area (Å²) in [5.74, 6) is 1.68. The van der Waals surface area contributed by atoms with Crippen molar-refractivity contribution in [2.75, 3.05) is 14.2 Å². The molecule has 2 heterocycles. The highest BCUT2D eigenvalue weighted by molar-refractivity contribution is 5.49. The van der Waals surface area contributed by atoms with Gasteiger partial charge in [0.15, 0.2) is 17.3 Å². The Morgan fingerprint density at radius 3 is 2.65 bits per heavy atom. The topological polar surface area (TPSA) is 87.0 Å². The zero-order valence-corrected chi connectivity index (χ0v) is 13.1. The molecule has 0 saturated heterocycles. The van der Waals surface area contributed by atoms with Crippen LogP contribution in [-0.4, -0.2) is 38.8 Å². The fourth-order valence-electron chi connectivity index (χ4n) is 2.43. The smallest absolute Gasteiger partial charge is 0.348 e. The summed E-state index contributed by atoms with van der Waals surface area (Å²) in [5, 5.41) is 10.8. The van der Waals surface area contributed by atoms with Gasteiger partial charge in [0.2, 0.25) is 0 Å². The molecule has 8 heteroatoms.